The van der Waals surface area contributed by atoms with E-state index in [0.717, 1.165) is 5.75 Å². The lowest BCUT2D eigenvalue weighted by Gasteiger charge is -2.03. The first-order valence-corrected chi connectivity index (χ1v) is 6.21. The number of hydrogen-bond acceptors (Lipinski definition) is 3. The van der Waals surface area contributed by atoms with Crippen molar-refractivity contribution in [2.75, 3.05) is 0 Å². The van der Waals surface area contributed by atoms with Gasteiger partial charge in [0.05, 0.1) is 5.56 Å². The van der Waals surface area contributed by atoms with Gasteiger partial charge < -0.3 is 0 Å². The van der Waals surface area contributed by atoms with Crippen LogP contribution in [-0.4, -0.2) is 10.9 Å². The van der Waals surface area contributed by atoms with Crippen LogP contribution in [0.3, 0.4) is 0 Å². The molecule has 1 aromatic heterocycles. The van der Waals surface area contributed by atoms with Gasteiger partial charge in [0.15, 0.2) is 0 Å². The first-order valence-electron chi connectivity index (χ1n) is 5.22. The van der Waals surface area contributed by atoms with Crippen LogP contribution in [0.5, 0.6) is 0 Å². The average Bonchev–Trinajstić information content (AvgIpc) is 2.41. The monoisotopic (exact) mass is 244 g/mol. The maximum Gasteiger partial charge on any atom is 0.262 e. The molecule has 86 valence electrons. The molecule has 1 heterocycles. The number of amides is 1. The normalized spacial score (nSPS) is 9.88. The van der Waals surface area contributed by atoms with E-state index >= 15 is 0 Å². The lowest BCUT2D eigenvalue weighted by molar-refractivity contribution is 0.0984. The minimum absolute atomic E-state index is 0.112. The van der Waals surface area contributed by atoms with Gasteiger partial charge in [0.1, 0.15) is 0 Å². The largest absolute Gasteiger partial charge is 0.296 e. The van der Waals surface area contributed by atoms with Crippen molar-refractivity contribution in [1.29, 1.82) is 0 Å². The van der Waals surface area contributed by atoms with Crippen LogP contribution in [0.25, 0.3) is 0 Å². The number of nitrogens with zero attached hydrogens (tertiary/aromatic N) is 1. The van der Waals surface area contributed by atoms with Gasteiger partial charge in [0.2, 0.25) is 0 Å². The fourth-order valence-corrected chi connectivity index (χ4v) is 2.00. The topological polar surface area (TPSA) is 42.0 Å². The van der Waals surface area contributed by atoms with Crippen LogP contribution in [0.15, 0.2) is 54.9 Å². The van der Waals surface area contributed by atoms with Crippen molar-refractivity contribution >= 4 is 17.9 Å². The lowest BCUT2D eigenvalue weighted by atomic mass is 10.2. The zero-order chi connectivity index (χ0) is 11.9. The van der Waals surface area contributed by atoms with Crippen LogP contribution in [0.2, 0.25) is 0 Å². The van der Waals surface area contributed by atoms with Crippen molar-refractivity contribution in [3.05, 3.63) is 66.0 Å². The molecule has 2 rings (SSSR count). The third-order valence-electron chi connectivity index (χ3n) is 2.17. The van der Waals surface area contributed by atoms with Gasteiger partial charge >= 0.3 is 0 Å². The number of aromatic nitrogens is 1. The van der Waals surface area contributed by atoms with E-state index in [1.54, 1.807) is 24.5 Å². The Kier molecular flexibility index (Phi) is 4.16. The molecular weight excluding hydrogens is 232 g/mol. The summed E-state index contributed by atoms with van der Waals surface area (Å²) in [6.45, 7) is 0. The van der Waals surface area contributed by atoms with E-state index in [-0.39, 0.29) is 5.91 Å². The van der Waals surface area contributed by atoms with Crippen LogP contribution in [-0.2, 0) is 5.75 Å². The Labute approximate surface area is 104 Å². The maximum atomic E-state index is 11.7. The Hall–Kier alpha value is -1.81. The molecule has 0 saturated heterocycles. The highest BCUT2D eigenvalue weighted by Gasteiger charge is 2.04. The number of rotatable bonds is 4. The zero-order valence-corrected chi connectivity index (χ0v) is 9.98. The highest BCUT2D eigenvalue weighted by molar-refractivity contribution is 7.97. The Morgan fingerprint density at radius 1 is 1.18 bits per heavy atom. The van der Waals surface area contributed by atoms with Gasteiger partial charge in [-0.1, -0.05) is 30.3 Å². The molecule has 0 saturated carbocycles. The quantitative estimate of drug-likeness (QED) is 0.841. The first kappa shape index (κ1) is 11.7. The van der Waals surface area contributed by atoms with Gasteiger partial charge in [0, 0.05) is 18.1 Å². The molecular formula is C13H12N2OS. The van der Waals surface area contributed by atoms with Crippen LogP contribution < -0.4 is 4.72 Å². The zero-order valence-electron chi connectivity index (χ0n) is 9.17. The minimum atomic E-state index is -0.112. The summed E-state index contributed by atoms with van der Waals surface area (Å²) in [6, 6.07) is 13.5. The SMILES string of the molecule is O=C(NSCc1ccccc1)c1cccnc1. The number of carbonyl (C=O) groups is 1. The third kappa shape index (κ3) is 3.60. The molecule has 17 heavy (non-hydrogen) atoms. The average molecular weight is 244 g/mol. The smallest absolute Gasteiger partial charge is 0.262 e. The lowest BCUT2D eigenvalue weighted by Crippen LogP contribution is -2.16. The Balaban J connectivity index is 1.82. The molecule has 1 N–H and O–H groups in total. The number of pyridine rings is 1. The summed E-state index contributed by atoms with van der Waals surface area (Å²) >= 11 is 1.38. The summed E-state index contributed by atoms with van der Waals surface area (Å²) in [4.78, 5) is 15.6. The molecule has 2 aromatic rings. The molecule has 4 heteroatoms. The van der Waals surface area contributed by atoms with Gasteiger partial charge in [-0.05, 0) is 29.6 Å². The molecule has 0 spiro atoms. The molecule has 0 aliphatic rings. The summed E-state index contributed by atoms with van der Waals surface area (Å²) in [5.74, 6) is 0.645. The maximum absolute atomic E-state index is 11.7. The second-order valence-corrected chi connectivity index (χ2v) is 4.23. The molecule has 0 radical (unpaired) electrons. The van der Waals surface area contributed by atoms with Crippen molar-refractivity contribution in [3.8, 4) is 0 Å². The summed E-state index contributed by atoms with van der Waals surface area (Å²) in [7, 11) is 0. The van der Waals surface area contributed by atoms with Crippen molar-refractivity contribution in [2.24, 2.45) is 0 Å². The second kappa shape index (κ2) is 6.06. The molecule has 0 aliphatic heterocycles. The fourth-order valence-electron chi connectivity index (χ4n) is 1.32. The Morgan fingerprint density at radius 3 is 2.71 bits per heavy atom. The first-order chi connectivity index (χ1) is 8.36. The number of carbonyl (C=O) groups excluding carboxylic acids is 1. The van der Waals surface area contributed by atoms with Gasteiger partial charge in [-0.25, -0.2) is 0 Å². The standard InChI is InChI=1S/C13H12N2OS/c16-13(12-7-4-8-14-9-12)15-17-10-11-5-2-1-3-6-11/h1-9H,10H2,(H,15,16). The summed E-state index contributed by atoms with van der Waals surface area (Å²) in [5, 5.41) is 0. The van der Waals surface area contributed by atoms with E-state index in [1.165, 1.54) is 17.5 Å². The highest BCUT2D eigenvalue weighted by Crippen LogP contribution is 2.09. The predicted molar refractivity (Wildman–Crippen MR) is 69.4 cm³/mol. The van der Waals surface area contributed by atoms with Crippen molar-refractivity contribution in [2.45, 2.75) is 5.75 Å². The molecule has 1 amide bonds. The summed E-state index contributed by atoms with van der Waals surface area (Å²) in [5.41, 5.74) is 1.76. The highest BCUT2D eigenvalue weighted by atomic mass is 32.2. The van der Waals surface area contributed by atoms with Gasteiger partial charge in [0.25, 0.3) is 5.91 Å². The van der Waals surface area contributed by atoms with E-state index < -0.39 is 0 Å². The number of hydrogen-bond donors (Lipinski definition) is 1. The van der Waals surface area contributed by atoms with E-state index in [4.69, 9.17) is 0 Å². The molecule has 0 unspecified atom stereocenters. The third-order valence-corrected chi connectivity index (χ3v) is 2.98. The molecule has 0 bridgehead atoms. The van der Waals surface area contributed by atoms with Crippen LogP contribution in [0.1, 0.15) is 15.9 Å². The van der Waals surface area contributed by atoms with E-state index in [1.807, 2.05) is 30.3 Å². The molecule has 0 fully saturated rings. The van der Waals surface area contributed by atoms with Crippen LogP contribution >= 0.6 is 11.9 Å². The number of benzene rings is 1. The van der Waals surface area contributed by atoms with E-state index in [9.17, 15) is 4.79 Å². The minimum Gasteiger partial charge on any atom is -0.296 e. The van der Waals surface area contributed by atoms with Gasteiger partial charge in [-0.15, -0.1) is 0 Å². The summed E-state index contributed by atoms with van der Waals surface area (Å²) < 4.78 is 2.79. The van der Waals surface area contributed by atoms with E-state index in [2.05, 4.69) is 9.71 Å². The number of nitrogens with one attached hydrogen (secondary N) is 1. The van der Waals surface area contributed by atoms with Crippen molar-refractivity contribution in [3.63, 3.8) is 0 Å². The Morgan fingerprint density at radius 2 is 2.00 bits per heavy atom. The fraction of sp³-hybridized carbons (Fsp3) is 0.0769. The van der Waals surface area contributed by atoms with Crippen molar-refractivity contribution < 1.29 is 4.79 Å². The molecule has 1 aromatic carbocycles. The van der Waals surface area contributed by atoms with Crippen molar-refractivity contribution in [1.82, 2.24) is 9.71 Å². The van der Waals surface area contributed by atoms with Gasteiger partial charge in [-0.2, -0.15) is 0 Å². The second-order valence-electron chi connectivity index (χ2n) is 3.45. The molecule has 0 atom stereocenters. The molecule has 0 aliphatic carbocycles. The predicted octanol–water partition coefficient (Wildman–Crippen LogP) is 2.66. The van der Waals surface area contributed by atoms with Crippen LogP contribution in [0, 0.1) is 0 Å². The summed E-state index contributed by atoms with van der Waals surface area (Å²) in [6.07, 6.45) is 3.20. The van der Waals surface area contributed by atoms with Gasteiger partial charge in [-0.3, -0.25) is 14.5 Å². The van der Waals surface area contributed by atoms with E-state index in [0.29, 0.717) is 5.56 Å². The van der Waals surface area contributed by atoms with Crippen LogP contribution in [0.4, 0.5) is 0 Å². The Bertz CT molecular complexity index is 473. The molecule has 3 nitrogen and oxygen atoms in total.